The highest BCUT2D eigenvalue weighted by atomic mass is 28.4. The molecule has 28 heavy (non-hydrogen) atoms. The molecule has 1 radical (unpaired) electrons. The molecule has 2 aromatic carbocycles. The molecule has 3 nitrogen and oxygen atoms in total. The van der Waals surface area contributed by atoms with Gasteiger partial charge in [-0.15, -0.1) is 0 Å². The van der Waals surface area contributed by atoms with E-state index >= 15 is 0 Å². The Labute approximate surface area is 170 Å². The second kappa shape index (κ2) is 8.30. The Balaban J connectivity index is 1.52. The van der Waals surface area contributed by atoms with Crippen LogP contribution in [-0.4, -0.2) is 20.0 Å². The maximum absolute atomic E-state index is 10.2. The zero-order valence-electron chi connectivity index (χ0n) is 17.8. The molecule has 1 saturated carbocycles. The van der Waals surface area contributed by atoms with Gasteiger partial charge < -0.3 is 14.3 Å². The van der Waals surface area contributed by atoms with Crippen molar-refractivity contribution in [3.63, 3.8) is 0 Å². The fourth-order valence-electron chi connectivity index (χ4n) is 3.07. The first-order chi connectivity index (χ1) is 13.2. The van der Waals surface area contributed by atoms with Crippen LogP contribution in [-0.2, 0) is 17.5 Å². The van der Waals surface area contributed by atoms with Crippen molar-refractivity contribution in [2.24, 2.45) is 11.8 Å². The van der Waals surface area contributed by atoms with Crippen LogP contribution in [0.5, 0.6) is 11.5 Å². The number of phenolic OH excluding ortho intramolecular Hbond substituents is 1. The molecule has 0 saturated heterocycles. The van der Waals surface area contributed by atoms with Gasteiger partial charge in [0, 0.05) is 12.7 Å². The standard InChI is InChI=1S/C24H33O3Si/c1-24(2,3)28(4,5)27-17-21-14-19(21)13-20-15-22(11-12-23(20)25)26-16-18-9-7-6-8-10-18/h6-11,15,19,21,25H,13-14,16-17H2,1-5H3. The molecule has 1 fully saturated rings. The summed E-state index contributed by atoms with van der Waals surface area (Å²) in [5, 5.41) is 10.5. The van der Waals surface area contributed by atoms with E-state index in [2.05, 4.69) is 39.9 Å². The van der Waals surface area contributed by atoms with Crippen molar-refractivity contribution >= 4 is 8.32 Å². The van der Waals surface area contributed by atoms with Gasteiger partial charge in [-0.25, -0.2) is 0 Å². The molecular weight excluding hydrogens is 364 g/mol. The first-order valence-corrected chi connectivity index (χ1v) is 13.1. The van der Waals surface area contributed by atoms with E-state index in [9.17, 15) is 5.11 Å². The molecule has 2 unspecified atom stereocenters. The lowest BCUT2D eigenvalue weighted by Crippen LogP contribution is -2.41. The average molecular weight is 398 g/mol. The van der Waals surface area contributed by atoms with Crippen LogP contribution in [0.4, 0.5) is 0 Å². The molecule has 1 aliphatic rings. The molecule has 2 aromatic rings. The van der Waals surface area contributed by atoms with Crippen LogP contribution in [0, 0.1) is 17.9 Å². The number of rotatable bonds is 8. The maximum atomic E-state index is 10.2. The third kappa shape index (κ3) is 5.39. The Morgan fingerprint density at radius 2 is 1.86 bits per heavy atom. The highest BCUT2D eigenvalue weighted by Crippen LogP contribution is 2.45. The monoisotopic (exact) mass is 397 g/mol. The Kier molecular flexibility index (Phi) is 6.21. The van der Waals surface area contributed by atoms with Gasteiger partial charge in [0.05, 0.1) is 0 Å². The van der Waals surface area contributed by atoms with Crippen LogP contribution < -0.4 is 4.74 Å². The van der Waals surface area contributed by atoms with E-state index in [4.69, 9.17) is 9.16 Å². The summed E-state index contributed by atoms with van der Waals surface area (Å²) >= 11 is 0. The van der Waals surface area contributed by atoms with E-state index < -0.39 is 8.32 Å². The second-order valence-corrected chi connectivity index (χ2v) is 14.3. The normalized spacial score (nSPS) is 19.5. The molecule has 1 N–H and O–H groups in total. The molecule has 0 amide bonds. The average Bonchev–Trinajstić information content (AvgIpc) is 3.39. The Hall–Kier alpha value is -1.78. The number of hydrogen-bond donors (Lipinski definition) is 1. The van der Waals surface area contributed by atoms with E-state index in [1.165, 1.54) is 6.42 Å². The van der Waals surface area contributed by atoms with Gasteiger partial charge in [-0.05, 0) is 66.1 Å². The molecule has 0 aromatic heterocycles. The highest BCUT2D eigenvalue weighted by Gasteiger charge is 2.42. The van der Waals surface area contributed by atoms with Crippen molar-refractivity contribution in [3.05, 3.63) is 59.7 Å². The lowest BCUT2D eigenvalue weighted by molar-refractivity contribution is 0.265. The largest absolute Gasteiger partial charge is 0.507 e. The fourth-order valence-corrected chi connectivity index (χ4v) is 4.14. The summed E-state index contributed by atoms with van der Waals surface area (Å²) in [6.45, 7) is 12.8. The quantitative estimate of drug-likeness (QED) is 0.558. The van der Waals surface area contributed by atoms with E-state index in [0.29, 0.717) is 18.4 Å². The maximum Gasteiger partial charge on any atom is 0.191 e. The highest BCUT2D eigenvalue weighted by molar-refractivity contribution is 6.74. The second-order valence-electron chi connectivity index (χ2n) is 9.51. The van der Waals surface area contributed by atoms with Crippen molar-refractivity contribution < 1.29 is 14.3 Å². The van der Waals surface area contributed by atoms with Crippen LogP contribution in [0.3, 0.4) is 0 Å². The van der Waals surface area contributed by atoms with Crippen molar-refractivity contribution in [1.82, 2.24) is 0 Å². The molecule has 0 bridgehead atoms. The smallest absolute Gasteiger partial charge is 0.191 e. The third-order valence-electron chi connectivity index (χ3n) is 6.24. The van der Waals surface area contributed by atoms with Crippen molar-refractivity contribution in [2.75, 3.05) is 6.61 Å². The van der Waals surface area contributed by atoms with Crippen LogP contribution >= 0.6 is 0 Å². The van der Waals surface area contributed by atoms with Gasteiger partial charge in [0.1, 0.15) is 18.1 Å². The lowest BCUT2D eigenvalue weighted by atomic mass is 10.1. The summed E-state index contributed by atoms with van der Waals surface area (Å²) in [7, 11) is -1.69. The van der Waals surface area contributed by atoms with Gasteiger partial charge in [-0.3, -0.25) is 0 Å². The van der Waals surface area contributed by atoms with E-state index in [0.717, 1.165) is 29.9 Å². The number of phenols is 1. The molecule has 3 rings (SSSR count). The first kappa shape index (κ1) is 20.9. The SMILES string of the molecule is CC(C)(C)[Si](C)(C)OCC1CC1Cc1cc(OCc2ccccc2)c[c]c1O. The molecular formula is C24H33O3Si. The zero-order valence-corrected chi connectivity index (χ0v) is 18.8. The minimum Gasteiger partial charge on any atom is -0.507 e. The van der Waals surface area contributed by atoms with Gasteiger partial charge in [-0.2, -0.15) is 0 Å². The minimum absolute atomic E-state index is 0.239. The first-order valence-electron chi connectivity index (χ1n) is 10.2. The van der Waals surface area contributed by atoms with Crippen molar-refractivity contribution in [3.8, 4) is 11.5 Å². The van der Waals surface area contributed by atoms with E-state index in [1.807, 2.05) is 36.4 Å². The topological polar surface area (TPSA) is 38.7 Å². The number of ether oxygens (including phenoxy) is 1. The van der Waals surface area contributed by atoms with Gasteiger partial charge in [-0.1, -0.05) is 51.1 Å². The predicted octanol–water partition coefficient (Wildman–Crippen LogP) is 5.97. The van der Waals surface area contributed by atoms with Crippen LogP contribution in [0.2, 0.25) is 18.1 Å². The number of hydrogen-bond acceptors (Lipinski definition) is 3. The Morgan fingerprint density at radius 1 is 1.14 bits per heavy atom. The van der Waals surface area contributed by atoms with Crippen LogP contribution in [0.1, 0.15) is 38.3 Å². The van der Waals surface area contributed by atoms with Crippen LogP contribution in [0.15, 0.2) is 42.5 Å². The number of benzene rings is 2. The summed E-state index contributed by atoms with van der Waals surface area (Å²) in [6, 6.07) is 16.7. The summed E-state index contributed by atoms with van der Waals surface area (Å²) in [5.41, 5.74) is 2.05. The molecule has 4 heteroatoms. The minimum atomic E-state index is -1.69. The summed E-state index contributed by atoms with van der Waals surface area (Å²) in [6.07, 6.45) is 2.03. The fraction of sp³-hybridized carbons (Fsp3) is 0.500. The molecule has 1 aliphatic carbocycles. The molecule has 2 atom stereocenters. The molecule has 151 valence electrons. The van der Waals surface area contributed by atoms with Crippen LogP contribution in [0.25, 0.3) is 0 Å². The third-order valence-corrected chi connectivity index (χ3v) is 10.7. The molecule has 0 aliphatic heterocycles. The molecule has 0 heterocycles. The van der Waals surface area contributed by atoms with Gasteiger partial charge in [0.25, 0.3) is 0 Å². The van der Waals surface area contributed by atoms with Gasteiger partial charge in [0.15, 0.2) is 8.32 Å². The Morgan fingerprint density at radius 3 is 2.54 bits per heavy atom. The van der Waals surface area contributed by atoms with E-state index in [1.54, 1.807) is 6.07 Å². The predicted molar refractivity (Wildman–Crippen MR) is 116 cm³/mol. The van der Waals surface area contributed by atoms with Crippen molar-refractivity contribution in [1.29, 1.82) is 0 Å². The van der Waals surface area contributed by atoms with Crippen molar-refractivity contribution in [2.45, 2.75) is 58.4 Å². The Bertz CT molecular complexity index is 780. The van der Waals surface area contributed by atoms with Gasteiger partial charge in [0.2, 0.25) is 0 Å². The summed E-state index contributed by atoms with van der Waals surface area (Å²) in [5.74, 6) is 2.17. The lowest BCUT2D eigenvalue weighted by Gasteiger charge is -2.36. The summed E-state index contributed by atoms with van der Waals surface area (Å²) < 4.78 is 12.3. The zero-order chi connectivity index (χ0) is 20.4. The summed E-state index contributed by atoms with van der Waals surface area (Å²) in [4.78, 5) is 0. The van der Waals surface area contributed by atoms with E-state index in [-0.39, 0.29) is 10.8 Å². The molecule has 0 spiro atoms. The van der Waals surface area contributed by atoms with Gasteiger partial charge >= 0.3 is 0 Å². The number of aromatic hydroxyl groups is 1.